The molecule has 0 saturated heterocycles. The zero-order valence-electron chi connectivity index (χ0n) is 16.2. The van der Waals surface area contributed by atoms with Gasteiger partial charge in [-0.15, -0.1) is 0 Å². The second-order valence-corrected chi connectivity index (χ2v) is 7.38. The number of carbonyl (C=O) groups excluding carboxylic acids is 1. The number of hydrogen-bond donors (Lipinski definition) is 1. The summed E-state index contributed by atoms with van der Waals surface area (Å²) < 4.78 is 3.83. The Morgan fingerprint density at radius 1 is 1.14 bits per heavy atom. The number of para-hydroxylation sites is 2. The van der Waals surface area contributed by atoms with Crippen LogP contribution in [-0.2, 0) is 19.5 Å². The second kappa shape index (κ2) is 6.84. The number of amides is 1. The number of fused-ring (bicyclic) bond motifs is 3. The van der Waals surface area contributed by atoms with E-state index in [2.05, 4.69) is 19.9 Å². The molecule has 1 aliphatic rings. The molecule has 7 nitrogen and oxygen atoms in total. The van der Waals surface area contributed by atoms with Crippen LogP contribution in [0.4, 0.5) is 0 Å². The highest BCUT2D eigenvalue weighted by atomic mass is 16.1. The Hall–Kier alpha value is -3.48. The molecule has 1 amide bonds. The Kier molecular flexibility index (Phi) is 4.16. The highest BCUT2D eigenvalue weighted by Crippen LogP contribution is 2.17. The molecule has 0 aliphatic carbocycles. The summed E-state index contributed by atoms with van der Waals surface area (Å²) in [5.74, 6) is 1.56. The van der Waals surface area contributed by atoms with Crippen LogP contribution in [0.15, 0.2) is 47.3 Å². The molecule has 0 radical (unpaired) electrons. The topological polar surface area (TPSA) is 81.8 Å². The predicted molar refractivity (Wildman–Crippen MR) is 111 cm³/mol. The molecule has 146 valence electrons. The van der Waals surface area contributed by atoms with Crippen LogP contribution < -0.4 is 10.9 Å². The minimum Gasteiger partial charge on any atom is -0.350 e. The summed E-state index contributed by atoms with van der Waals surface area (Å²) in [6, 6.07) is 13.1. The monoisotopic (exact) mass is 387 g/mol. The molecule has 5 rings (SSSR count). The third kappa shape index (κ3) is 2.99. The van der Waals surface area contributed by atoms with E-state index in [1.54, 1.807) is 22.8 Å². The minimum absolute atomic E-state index is 0.0167. The van der Waals surface area contributed by atoms with E-state index in [1.807, 2.05) is 31.2 Å². The Balaban J connectivity index is 1.34. The van der Waals surface area contributed by atoms with Crippen molar-refractivity contribution in [3.63, 3.8) is 0 Å². The van der Waals surface area contributed by atoms with E-state index in [0.29, 0.717) is 29.6 Å². The van der Waals surface area contributed by atoms with Gasteiger partial charge in [0.25, 0.3) is 11.5 Å². The van der Waals surface area contributed by atoms with Crippen molar-refractivity contribution >= 4 is 27.8 Å². The molecule has 0 saturated carbocycles. The van der Waals surface area contributed by atoms with Gasteiger partial charge in [0, 0.05) is 31.6 Å². The molecular weight excluding hydrogens is 366 g/mol. The molecule has 0 unspecified atom stereocenters. The SMILES string of the molecule is Cc1nc2ccccc2n1CCNC(=O)c1ccc2c(=O)n3c(nc2c1)CCC3. The molecule has 29 heavy (non-hydrogen) atoms. The lowest BCUT2D eigenvalue weighted by molar-refractivity contribution is 0.0952. The summed E-state index contributed by atoms with van der Waals surface area (Å²) >= 11 is 0. The standard InChI is InChI=1S/C22H21N5O2/c1-14-24-17-5-2-3-6-19(17)26(14)12-10-23-21(28)15-8-9-16-18(13-15)25-20-7-4-11-27(20)22(16)29/h2-3,5-6,8-9,13H,4,7,10-12H2,1H3,(H,23,28). The molecule has 0 bridgehead atoms. The van der Waals surface area contributed by atoms with Crippen LogP contribution in [0.1, 0.15) is 28.4 Å². The first-order chi connectivity index (χ1) is 14.1. The third-order valence-electron chi connectivity index (χ3n) is 5.55. The average Bonchev–Trinajstić information content (AvgIpc) is 3.32. The van der Waals surface area contributed by atoms with Gasteiger partial charge in [-0.3, -0.25) is 14.2 Å². The first kappa shape index (κ1) is 17.6. The lowest BCUT2D eigenvalue weighted by Crippen LogP contribution is -2.27. The first-order valence-corrected chi connectivity index (χ1v) is 9.85. The van der Waals surface area contributed by atoms with E-state index < -0.39 is 0 Å². The van der Waals surface area contributed by atoms with Gasteiger partial charge in [-0.2, -0.15) is 0 Å². The van der Waals surface area contributed by atoms with Crippen LogP contribution in [0.5, 0.6) is 0 Å². The van der Waals surface area contributed by atoms with Gasteiger partial charge in [0.1, 0.15) is 11.6 Å². The Bertz CT molecular complexity index is 1320. The van der Waals surface area contributed by atoms with Gasteiger partial charge in [-0.1, -0.05) is 12.1 Å². The van der Waals surface area contributed by atoms with Gasteiger partial charge in [0.2, 0.25) is 0 Å². The first-order valence-electron chi connectivity index (χ1n) is 9.85. The molecule has 1 N–H and O–H groups in total. The van der Waals surface area contributed by atoms with E-state index in [4.69, 9.17) is 0 Å². The van der Waals surface area contributed by atoms with Gasteiger partial charge in [-0.25, -0.2) is 9.97 Å². The Morgan fingerprint density at radius 2 is 2.00 bits per heavy atom. The number of carbonyl (C=O) groups is 1. The molecule has 3 heterocycles. The zero-order valence-corrected chi connectivity index (χ0v) is 16.2. The predicted octanol–water partition coefficient (Wildman–Crippen LogP) is 2.43. The molecule has 0 atom stereocenters. The van der Waals surface area contributed by atoms with Crippen molar-refractivity contribution in [3.05, 3.63) is 70.0 Å². The lowest BCUT2D eigenvalue weighted by atomic mass is 10.1. The number of aromatic nitrogens is 4. The molecular formula is C22H21N5O2. The fourth-order valence-electron chi connectivity index (χ4n) is 4.09. The molecule has 0 spiro atoms. The van der Waals surface area contributed by atoms with Crippen LogP contribution in [-0.4, -0.2) is 31.6 Å². The summed E-state index contributed by atoms with van der Waals surface area (Å²) in [5, 5.41) is 3.52. The van der Waals surface area contributed by atoms with Crippen molar-refractivity contribution in [3.8, 4) is 0 Å². The van der Waals surface area contributed by atoms with Crippen molar-refractivity contribution in [1.82, 2.24) is 24.4 Å². The fraction of sp³-hybridized carbons (Fsp3) is 0.273. The van der Waals surface area contributed by atoms with Gasteiger partial charge in [-0.05, 0) is 43.7 Å². The van der Waals surface area contributed by atoms with Crippen LogP contribution in [0.2, 0.25) is 0 Å². The van der Waals surface area contributed by atoms with E-state index in [1.165, 1.54) is 0 Å². The third-order valence-corrected chi connectivity index (χ3v) is 5.55. The number of imidazole rings is 1. The second-order valence-electron chi connectivity index (χ2n) is 7.38. The van der Waals surface area contributed by atoms with Crippen LogP contribution >= 0.6 is 0 Å². The molecule has 7 heteroatoms. The van der Waals surface area contributed by atoms with Crippen molar-refractivity contribution in [2.75, 3.05) is 6.54 Å². The highest BCUT2D eigenvalue weighted by Gasteiger charge is 2.17. The zero-order chi connectivity index (χ0) is 20.0. The summed E-state index contributed by atoms with van der Waals surface area (Å²) in [7, 11) is 0. The Morgan fingerprint density at radius 3 is 2.90 bits per heavy atom. The molecule has 2 aromatic carbocycles. The van der Waals surface area contributed by atoms with Crippen LogP contribution in [0.25, 0.3) is 21.9 Å². The van der Waals surface area contributed by atoms with E-state index in [9.17, 15) is 9.59 Å². The summed E-state index contributed by atoms with van der Waals surface area (Å²) in [6.07, 6.45) is 1.74. The maximum absolute atomic E-state index is 12.6. The molecule has 1 aliphatic heterocycles. The van der Waals surface area contributed by atoms with Crippen LogP contribution in [0.3, 0.4) is 0 Å². The van der Waals surface area contributed by atoms with Gasteiger partial charge < -0.3 is 9.88 Å². The lowest BCUT2D eigenvalue weighted by Gasteiger charge is -2.10. The van der Waals surface area contributed by atoms with Crippen molar-refractivity contribution in [2.24, 2.45) is 0 Å². The van der Waals surface area contributed by atoms with Crippen molar-refractivity contribution in [2.45, 2.75) is 32.9 Å². The molecule has 2 aromatic heterocycles. The molecule has 0 fully saturated rings. The summed E-state index contributed by atoms with van der Waals surface area (Å²) in [4.78, 5) is 34.3. The smallest absolute Gasteiger partial charge is 0.261 e. The average molecular weight is 387 g/mol. The van der Waals surface area contributed by atoms with E-state index in [0.717, 1.165) is 42.1 Å². The van der Waals surface area contributed by atoms with E-state index >= 15 is 0 Å². The number of benzene rings is 2. The molecule has 4 aromatic rings. The number of rotatable bonds is 4. The largest absolute Gasteiger partial charge is 0.350 e. The Labute approximate surface area is 167 Å². The summed E-state index contributed by atoms with van der Waals surface area (Å²) in [5.41, 5.74) is 3.10. The van der Waals surface area contributed by atoms with Gasteiger partial charge in [0.05, 0.1) is 21.9 Å². The van der Waals surface area contributed by atoms with Crippen LogP contribution in [0, 0.1) is 6.92 Å². The number of aryl methyl sites for hydroxylation is 2. The van der Waals surface area contributed by atoms with Crippen molar-refractivity contribution in [1.29, 1.82) is 0 Å². The quantitative estimate of drug-likeness (QED) is 0.583. The highest BCUT2D eigenvalue weighted by molar-refractivity contribution is 5.97. The number of hydrogen-bond acceptors (Lipinski definition) is 4. The maximum atomic E-state index is 12.6. The number of nitrogens with zero attached hydrogens (tertiary/aromatic N) is 4. The minimum atomic E-state index is -0.170. The number of nitrogens with one attached hydrogen (secondary N) is 1. The fourth-order valence-corrected chi connectivity index (χ4v) is 4.09. The normalized spacial score (nSPS) is 13.1. The maximum Gasteiger partial charge on any atom is 0.261 e. The summed E-state index contributed by atoms with van der Waals surface area (Å²) in [6.45, 7) is 3.81. The van der Waals surface area contributed by atoms with Gasteiger partial charge in [0.15, 0.2) is 0 Å². The van der Waals surface area contributed by atoms with Gasteiger partial charge >= 0.3 is 0 Å². The van der Waals surface area contributed by atoms with E-state index in [-0.39, 0.29) is 11.5 Å². The van der Waals surface area contributed by atoms with Crippen molar-refractivity contribution < 1.29 is 4.79 Å².